The van der Waals surface area contributed by atoms with Crippen LogP contribution in [-0.4, -0.2) is 43.6 Å². The number of aryl methyl sites for hydroxylation is 1. The molecule has 4 heteroatoms. The van der Waals surface area contributed by atoms with E-state index in [2.05, 4.69) is 48.3 Å². The molecular formula is C23H35N3O. The van der Waals surface area contributed by atoms with E-state index in [1.165, 1.54) is 49.8 Å². The standard InChI is InChI=1S/C23H35N3O/c1-3-24-22(26-14-13-23(17-26)11-5-12-23)25-16-20-6-4-15-27-21(20)19-9-7-18(2)8-10-19/h7-10,20-21H,3-6,11-17H2,1-2H3,(H,24,25). The lowest BCUT2D eigenvalue weighted by atomic mass is 9.68. The molecule has 1 aliphatic carbocycles. The van der Waals surface area contributed by atoms with Gasteiger partial charge in [0.05, 0.1) is 6.10 Å². The molecule has 2 aliphatic heterocycles. The van der Waals surface area contributed by atoms with Crippen LogP contribution in [0.4, 0.5) is 0 Å². The predicted molar refractivity (Wildman–Crippen MR) is 111 cm³/mol. The van der Waals surface area contributed by atoms with Gasteiger partial charge in [-0.1, -0.05) is 36.2 Å². The summed E-state index contributed by atoms with van der Waals surface area (Å²) >= 11 is 0. The van der Waals surface area contributed by atoms with Gasteiger partial charge in [0, 0.05) is 38.7 Å². The molecule has 148 valence electrons. The normalized spacial score (nSPS) is 27.6. The van der Waals surface area contributed by atoms with Crippen molar-refractivity contribution < 1.29 is 4.74 Å². The van der Waals surface area contributed by atoms with Crippen LogP contribution in [0, 0.1) is 18.3 Å². The van der Waals surface area contributed by atoms with Crippen LogP contribution in [0.2, 0.25) is 0 Å². The van der Waals surface area contributed by atoms with E-state index in [1.807, 2.05) is 0 Å². The average molecular weight is 370 g/mol. The maximum Gasteiger partial charge on any atom is 0.193 e. The van der Waals surface area contributed by atoms with Crippen LogP contribution in [0.15, 0.2) is 29.3 Å². The van der Waals surface area contributed by atoms with Crippen molar-refractivity contribution in [2.24, 2.45) is 16.3 Å². The summed E-state index contributed by atoms with van der Waals surface area (Å²) in [5.74, 6) is 1.59. The molecule has 27 heavy (non-hydrogen) atoms. The Hall–Kier alpha value is -1.55. The number of likely N-dealkylation sites (tertiary alicyclic amines) is 1. The van der Waals surface area contributed by atoms with Gasteiger partial charge in [0.25, 0.3) is 0 Å². The molecule has 0 amide bonds. The Bertz CT molecular complexity index is 650. The Morgan fingerprint density at radius 2 is 2.04 bits per heavy atom. The number of rotatable bonds is 4. The third-order valence-corrected chi connectivity index (χ3v) is 6.81. The third-order valence-electron chi connectivity index (χ3n) is 6.81. The lowest BCUT2D eigenvalue weighted by molar-refractivity contribution is -0.0250. The van der Waals surface area contributed by atoms with Gasteiger partial charge in [-0.3, -0.25) is 4.99 Å². The van der Waals surface area contributed by atoms with Crippen LogP contribution in [-0.2, 0) is 4.74 Å². The number of nitrogens with zero attached hydrogens (tertiary/aromatic N) is 2. The summed E-state index contributed by atoms with van der Waals surface area (Å²) in [4.78, 5) is 7.60. The third kappa shape index (κ3) is 4.16. The molecule has 3 fully saturated rings. The second kappa shape index (κ2) is 8.22. The highest BCUT2D eigenvalue weighted by molar-refractivity contribution is 5.80. The van der Waals surface area contributed by atoms with Gasteiger partial charge in [-0.2, -0.15) is 0 Å². The van der Waals surface area contributed by atoms with E-state index in [1.54, 1.807) is 0 Å². The van der Waals surface area contributed by atoms with E-state index >= 15 is 0 Å². The summed E-state index contributed by atoms with van der Waals surface area (Å²) < 4.78 is 6.19. The monoisotopic (exact) mass is 369 g/mol. The number of aliphatic imine (C=N–C) groups is 1. The fourth-order valence-electron chi connectivity index (χ4n) is 4.99. The molecule has 2 heterocycles. The van der Waals surface area contributed by atoms with Gasteiger partial charge < -0.3 is 15.0 Å². The zero-order valence-electron chi connectivity index (χ0n) is 17.0. The smallest absolute Gasteiger partial charge is 0.193 e. The Balaban J connectivity index is 1.45. The fourth-order valence-corrected chi connectivity index (χ4v) is 4.99. The number of guanidine groups is 1. The van der Waals surface area contributed by atoms with Gasteiger partial charge in [0.1, 0.15) is 0 Å². The summed E-state index contributed by atoms with van der Waals surface area (Å²) in [6, 6.07) is 8.85. The van der Waals surface area contributed by atoms with Crippen LogP contribution < -0.4 is 5.32 Å². The van der Waals surface area contributed by atoms with E-state index < -0.39 is 0 Å². The first kappa shape index (κ1) is 18.8. The summed E-state index contributed by atoms with van der Waals surface area (Å²) in [6.45, 7) is 9.32. The van der Waals surface area contributed by atoms with Crippen molar-refractivity contribution in [2.45, 2.75) is 58.5 Å². The highest BCUT2D eigenvalue weighted by Crippen LogP contribution is 2.48. The van der Waals surface area contributed by atoms with E-state index in [0.717, 1.165) is 38.6 Å². The Kier molecular flexibility index (Phi) is 5.72. The second-order valence-corrected chi connectivity index (χ2v) is 8.82. The van der Waals surface area contributed by atoms with Crippen LogP contribution in [0.25, 0.3) is 0 Å². The SMILES string of the molecule is CCNC(=NCC1CCCOC1c1ccc(C)cc1)N1CCC2(CCC2)C1. The van der Waals surface area contributed by atoms with Gasteiger partial charge in [0.2, 0.25) is 0 Å². The Morgan fingerprint density at radius 3 is 2.70 bits per heavy atom. The number of nitrogens with one attached hydrogen (secondary N) is 1. The second-order valence-electron chi connectivity index (χ2n) is 8.82. The van der Waals surface area contributed by atoms with Crippen molar-refractivity contribution in [1.29, 1.82) is 0 Å². The minimum Gasteiger partial charge on any atom is -0.373 e. The molecule has 4 rings (SSSR count). The number of ether oxygens (including phenoxy) is 1. The van der Waals surface area contributed by atoms with Crippen LogP contribution >= 0.6 is 0 Å². The molecule has 0 aromatic heterocycles. The Morgan fingerprint density at radius 1 is 1.22 bits per heavy atom. The molecule has 2 unspecified atom stereocenters. The molecule has 1 spiro atoms. The van der Waals surface area contributed by atoms with Crippen molar-refractivity contribution in [3.8, 4) is 0 Å². The zero-order chi connectivity index (χ0) is 18.7. The van der Waals surface area contributed by atoms with Gasteiger partial charge in [-0.25, -0.2) is 0 Å². The quantitative estimate of drug-likeness (QED) is 0.635. The molecule has 3 aliphatic rings. The van der Waals surface area contributed by atoms with Crippen molar-refractivity contribution in [1.82, 2.24) is 10.2 Å². The van der Waals surface area contributed by atoms with E-state index in [4.69, 9.17) is 9.73 Å². The summed E-state index contributed by atoms with van der Waals surface area (Å²) in [7, 11) is 0. The molecule has 0 bridgehead atoms. The van der Waals surface area contributed by atoms with Crippen molar-refractivity contribution in [3.05, 3.63) is 35.4 Å². The van der Waals surface area contributed by atoms with Crippen molar-refractivity contribution in [2.75, 3.05) is 32.8 Å². The lowest BCUT2D eigenvalue weighted by Gasteiger charge is -2.38. The predicted octanol–water partition coefficient (Wildman–Crippen LogP) is 4.30. The minimum absolute atomic E-state index is 0.183. The highest BCUT2D eigenvalue weighted by Gasteiger charge is 2.43. The average Bonchev–Trinajstić information content (AvgIpc) is 3.12. The molecule has 1 saturated carbocycles. The molecule has 2 atom stereocenters. The first-order chi connectivity index (χ1) is 13.2. The molecular weight excluding hydrogens is 334 g/mol. The van der Waals surface area contributed by atoms with Gasteiger partial charge >= 0.3 is 0 Å². The number of benzene rings is 1. The maximum absolute atomic E-state index is 6.19. The first-order valence-corrected chi connectivity index (χ1v) is 10.9. The van der Waals surface area contributed by atoms with Gasteiger partial charge in [-0.15, -0.1) is 0 Å². The molecule has 1 N–H and O–H groups in total. The van der Waals surface area contributed by atoms with Crippen molar-refractivity contribution in [3.63, 3.8) is 0 Å². The van der Waals surface area contributed by atoms with Gasteiger partial charge in [0.15, 0.2) is 5.96 Å². The molecule has 1 aromatic carbocycles. The molecule has 2 saturated heterocycles. The fraction of sp³-hybridized carbons (Fsp3) is 0.696. The summed E-state index contributed by atoms with van der Waals surface area (Å²) in [5.41, 5.74) is 3.21. The largest absolute Gasteiger partial charge is 0.373 e. The number of hydrogen-bond acceptors (Lipinski definition) is 2. The van der Waals surface area contributed by atoms with Crippen LogP contribution in [0.5, 0.6) is 0 Å². The van der Waals surface area contributed by atoms with Gasteiger partial charge in [-0.05, 0) is 56.9 Å². The topological polar surface area (TPSA) is 36.9 Å². The highest BCUT2D eigenvalue weighted by atomic mass is 16.5. The minimum atomic E-state index is 0.183. The number of hydrogen-bond donors (Lipinski definition) is 1. The molecule has 1 aromatic rings. The zero-order valence-corrected chi connectivity index (χ0v) is 17.0. The molecule has 4 nitrogen and oxygen atoms in total. The van der Waals surface area contributed by atoms with E-state index in [9.17, 15) is 0 Å². The summed E-state index contributed by atoms with van der Waals surface area (Å²) in [6.07, 6.45) is 8.11. The molecule has 0 radical (unpaired) electrons. The summed E-state index contributed by atoms with van der Waals surface area (Å²) in [5, 5.41) is 3.55. The van der Waals surface area contributed by atoms with Crippen LogP contribution in [0.1, 0.15) is 62.7 Å². The van der Waals surface area contributed by atoms with E-state index in [0.29, 0.717) is 11.3 Å². The lowest BCUT2D eigenvalue weighted by Crippen LogP contribution is -2.43. The van der Waals surface area contributed by atoms with Crippen LogP contribution in [0.3, 0.4) is 0 Å². The Labute approximate surface area is 164 Å². The van der Waals surface area contributed by atoms with E-state index in [-0.39, 0.29) is 6.10 Å². The van der Waals surface area contributed by atoms with Crippen molar-refractivity contribution >= 4 is 5.96 Å². The maximum atomic E-state index is 6.19. The first-order valence-electron chi connectivity index (χ1n) is 10.9.